The summed E-state index contributed by atoms with van der Waals surface area (Å²) in [5.74, 6) is -3.62. The quantitative estimate of drug-likeness (QED) is 0.783. The Morgan fingerprint density at radius 2 is 1.48 bits per heavy atom. The van der Waals surface area contributed by atoms with Gasteiger partial charge >= 0.3 is 11.9 Å². The van der Waals surface area contributed by atoms with Crippen molar-refractivity contribution in [3.63, 3.8) is 0 Å². The highest BCUT2D eigenvalue weighted by atomic mass is 79.9. The van der Waals surface area contributed by atoms with E-state index in [9.17, 15) is 18.4 Å². The van der Waals surface area contributed by atoms with Gasteiger partial charge in [0.1, 0.15) is 23.1 Å². The molecule has 0 atom stereocenters. The third-order valence-corrected chi connectivity index (χ3v) is 3.50. The molecule has 0 heterocycles. The summed E-state index contributed by atoms with van der Waals surface area (Å²) in [6.45, 7) is 0. The standard InChI is InChI=1S/C8H6BrFO3.C8H7FO3/c1-13-7-3-6(10)4(8(11)12)2-5(7)9;1-12-5-2-3-6(8(10)11)7(9)4-5/h2-3H,1H3,(H,11,12);2-4H,1H3,(H,10,11). The molecule has 2 rings (SSSR count). The molecule has 0 fully saturated rings. The maximum Gasteiger partial charge on any atom is 0.338 e. The van der Waals surface area contributed by atoms with Crippen LogP contribution in [0.25, 0.3) is 0 Å². The van der Waals surface area contributed by atoms with E-state index in [1.807, 2.05) is 0 Å². The zero-order valence-corrected chi connectivity index (χ0v) is 14.6. The number of hydrogen-bond donors (Lipinski definition) is 2. The summed E-state index contributed by atoms with van der Waals surface area (Å²) >= 11 is 3.05. The molecule has 0 aliphatic carbocycles. The SMILES string of the molecule is COc1cc(F)c(C(=O)O)cc1Br.COc1ccc(C(=O)O)c(F)c1. The van der Waals surface area contributed by atoms with E-state index in [0.29, 0.717) is 10.2 Å². The number of methoxy groups -OCH3 is 2. The first-order valence-electron chi connectivity index (χ1n) is 6.54. The fourth-order valence-corrected chi connectivity index (χ4v) is 2.15. The third kappa shape index (κ3) is 5.42. The van der Waals surface area contributed by atoms with Gasteiger partial charge < -0.3 is 19.7 Å². The van der Waals surface area contributed by atoms with Gasteiger partial charge in [0, 0.05) is 12.1 Å². The maximum absolute atomic E-state index is 13.0. The van der Waals surface area contributed by atoms with Crippen molar-refractivity contribution in [1.82, 2.24) is 0 Å². The molecule has 2 aromatic carbocycles. The molecular formula is C16H13BrF2O6. The van der Waals surface area contributed by atoms with Gasteiger partial charge in [0.15, 0.2) is 0 Å². The molecule has 0 aromatic heterocycles. The Kier molecular flexibility index (Phi) is 7.31. The van der Waals surface area contributed by atoms with E-state index in [2.05, 4.69) is 15.9 Å². The van der Waals surface area contributed by atoms with Gasteiger partial charge in [0.2, 0.25) is 0 Å². The Morgan fingerprint density at radius 3 is 1.92 bits per heavy atom. The highest BCUT2D eigenvalue weighted by molar-refractivity contribution is 9.10. The Labute approximate surface area is 149 Å². The number of aromatic carboxylic acids is 2. The van der Waals surface area contributed by atoms with E-state index >= 15 is 0 Å². The van der Waals surface area contributed by atoms with E-state index in [-0.39, 0.29) is 16.9 Å². The number of carbonyl (C=O) groups is 2. The normalized spacial score (nSPS) is 9.64. The average Bonchev–Trinajstić information content (AvgIpc) is 2.56. The molecule has 0 saturated heterocycles. The second kappa shape index (κ2) is 8.97. The van der Waals surface area contributed by atoms with Crippen LogP contribution >= 0.6 is 15.9 Å². The van der Waals surface area contributed by atoms with Gasteiger partial charge in [0.25, 0.3) is 0 Å². The van der Waals surface area contributed by atoms with E-state index in [4.69, 9.17) is 19.7 Å². The van der Waals surface area contributed by atoms with Crippen LogP contribution in [0, 0.1) is 11.6 Å². The molecule has 6 nitrogen and oxygen atoms in total. The van der Waals surface area contributed by atoms with Crippen LogP contribution in [0.2, 0.25) is 0 Å². The van der Waals surface area contributed by atoms with Gasteiger partial charge in [-0.05, 0) is 34.1 Å². The van der Waals surface area contributed by atoms with Crippen molar-refractivity contribution in [2.75, 3.05) is 14.2 Å². The van der Waals surface area contributed by atoms with Crippen molar-refractivity contribution in [2.45, 2.75) is 0 Å². The molecule has 2 N–H and O–H groups in total. The maximum atomic E-state index is 13.0. The Morgan fingerprint density at radius 1 is 0.920 bits per heavy atom. The summed E-state index contributed by atoms with van der Waals surface area (Å²) in [6, 6.07) is 5.77. The van der Waals surface area contributed by atoms with Crippen LogP contribution in [0.1, 0.15) is 20.7 Å². The van der Waals surface area contributed by atoms with Crippen LogP contribution in [0.4, 0.5) is 8.78 Å². The molecule has 134 valence electrons. The molecule has 0 amide bonds. The summed E-state index contributed by atoms with van der Waals surface area (Å²) in [7, 11) is 2.76. The predicted molar refractivity (Wildman–Crippen MR) is 87.5 cm³/mol. The summed E-state index contributed by atoms with van der Waals surface area (Å²) in [4.78, 5) is 20.8. The molecule has 0 spiro atoms. The molecule has 0 unspecified atom stereocenters. The van der Waals surface area contributed by atoms with Crippen molar-refractivity contribution in [1.29, 1.82) is 0 Å². The number of benzene rings is 2. The topological polar surface area (TPSA) is 93.1 Å². The molecule has 0 saturated carbocycles. The fraction of sp³-hybridized carbons (Fsp3) is 0.125. The summed E-state index contributed by atoms with van der Waals surface area (Å²) in [5.41, 5.74) is -0.733. The van der Waals surface area contributed by atoms with Crippen LogP contribution < -0.4 is 9.47 Å². The zero-order valence-electron chi connectivity index (χ0n) is 13.0. The highest BCUT2D eigenvalue weighted by Gasteiger charge is 2.13. The third-order valence-electron chi connectivity index (χ3n) is 2.88. The van der Waals surface area contributed by atoms with Gasteiger partial charge in [-0.15, -0.1) is 0 Å². The summed E-state index contributed by atoms with van der Waals surface area (Å²) in [5, 5.41) is 17.0. The van der Waals surface area contributed by atoms with Crippen molar-refractivity contribution in [3.05, 3.63) is 57.6 Å². The van der Waals surface area contributed by atoms with Gasteiger partial charge in [-0.3, -0.25) is 0 Å². The van der Waals surface area contributed by atoms with E-state index < -0.39 is 23.6 Å². The van der Waals surface area contributed by atoms with Gasteiger partial charge in [-0.1, -0.05) is 0 Å². The number of hydrogen-bond acceptors (Lipinski definition) is 4. The minimum Gasteiger partial charge on any atom is -0.497 e. The summed E-state index contributed by atoms with van der Waals surface area (Å²) < 4.78 is 35.7. The highest BCUT2D eigenvalue weighted by Crippen LogP contribution is 2.27. The lowest BCUT2D eigenvalue weighted by atomic mass is 10.2. The predicted octanol–water partition coefficient (Wildman–Crippen LogP) is 3.83. The molecule has 25 heavy (non-hydrogen) atoms. The van der Waals surface area contributed by atoms with Crippen LogP contribution in [-0.4, -0.2) is 36.4 Å². The minimum atomic E-state index is -1.30. The average molecular weight is 419 g/mol. The molecule has 2 aromatic rings. The Balaban J connectivity index is 0.000000251. The van der Waals surface area contributed by atoms with E-state index in [1.54, 1.807) is 0 Å². The lowest BCUT2D eigenvalue weighted by Gasteiger charge is -2.04. The monoisotopic (exact) mass is 418 g/mol. The number of rotatable bonds is 4. The lowest BCUT2D eigenvalue weighted by molar-refractivity contribution is 0.0680. The number of halogens is 3. The van der Waals surface area contributed by atoms with Gasteiger partial charge in [-0.2, -0.15) is 0 Å². The Bertz CT molecular complexity index is 794. The second-order valence-corrected chi connectivity index (χ2v) is 5.28. The fourth-order valence-electron chi connectivity index (χ4n) is 1.65. The van der Waals surface area contributed by atoms with Gasteiger partial charge in [0.05, 0.1) is 29.8 Å². The van der Waals surface area contributed by atoms with Gasteiger partial charge in [-0.25, -0.2) is 18.4 Å². The van der Waals surface area contributed by atoms with E-state index in [1.165, 1.54) is 20.3 Å². The number of carboxylic acids is 2. The second-order valence-electron chi connectivity index (χ2n) is 4.42. The van der Waals surface area contributed by atoms with Crippen LogP contribution in [0.15, 0.2) is 34.8 Å². The first kappa shape index (κ1) is 20.4. The van der Waals surface area contributed by atoms with Crippen LogP contribution in [-0.2, 0) is 0 Å². The zero-order chi connectivity index (χ0) is 19.1. The van der Waals surface area contributed by atoms with Crippen molar-refractivity contribution < 1.29 is 38.1 Å². The van der Waals surface area contributed by atoms with Crippen molar-refractivity contribution in [3.8, 4) is 11.5 Å². The molecule has 0 radical (unpaired) electrons. The largest absolute Gasteiger partial charge is 0.497 e. The number of ether oxygens (including phenoxy) is 2. The first-order valence-corrected chi connectivity index (χ1v) is 7.33. The minimum absolute atomic E-state index is 0.266. The summed E-state index contributed by atoms with van der Waals surface area (Å²) in [6.07, 6.45) is 0. The molecular weight excluding hydrogens is 406 g/mol. The molecule has 0 bridgehead atoms. The Hall–Kier alpha value is -2.68. The lowest BCUT2D eigenvalue weighted by Crippen LogP contribution is -2.01. The molecule has 0 aliphatic heterocycles. The molecule has 0 aliphatic rings. The van der Waals surface area contributed by atoms with E-state index in [0.717, 1.165) is 24.3 Å². The number of carboxylic acid groups (broad SMARTS) is 2. The van der Waals surface area contributed by atoms with Crippen molar-refractivity contribution in [2.24, 2.45) is 0 Å². The van der Waals surface area contributed by atoms with Crippen LogP contribution in [0.3, 0.4) is 0 Å². The molecule has 9 heteroatoms. The van der Waals surface area contributed by atoms with Crippen molar-refractivity contribution >= 4 is 27.9 Å². The first-order chi connectivity index (χ1) is 11.7. The smallest absolute Gasteiger partial charge is 0.338 e. The van der Waals surface area contributed by atoms with Crippen LogP contribution in [0.5, 0.6) is 11.5 Å².